The van der Waals surface area contributed by atoms with Crippen LogP contribution in [0.1, 0.15) is 32.6 Å². The number of hydrogen-bond donors (Lipinski definition) is 1. The second-order valence-electron chi connectivity index (χ2n) is 8.56. The summed E-state index contributed by atoms with van der Waals surface area (Å²) in [5, 5.41) is 1.40. The number of nitrogens with zero attached hydrogens (tertiary/aromatic N) is 3. The maximum atomic E-state index is 13.7. The van der Waals surface area contributed by atoms with Crippen molar-refractivity contribution in [2.45, 2.75) is 43.8 Å². The van der Waals surface area contributed by atoms with Gasteiger partial charge in [0.1, 0.15) is 16.8 Å². The molecule has 34 heavy (non-hydrogen) atoms. The van der Waals surface area contributed by atoms with Crippen molar-refractivity contribution in [2.24, 2.45) is 0 Å². The topological polar surface area (TPSA) is 80.2 Å². The van der Waals surface area contributed by atoms with Gasteiger partial charge in [0.25, 0.3) is 5.56 Å². The maximum absolute atomic E-state index is 13.7. The maximum Gasteiger partial charge on any atom is 0.283 e. The fourth-order valence-corrected chi connectivity index (χ4v) is 5.65. The minimum atomic E-state index is -0.189. The van der Waals surface area contributed by atoms with Crippen LogP contribution in [-0.4, -0.2) is 50.8 Å². The molecule has 1 atom stereocenters. The van der Waals surface area contributed by atoms with Crippen LogP contribution < -0.4 is 10.3 Å². The second kappa shape index (κ2) is 9.54. The molecule has 1 amide bonds. The standard InChI is InChI=1S/C26H28N4O3S/c1-3-17-8-6-7-15-29(17)22(31)16-34-26-28-23-20-9-4-5-10-21(20)27-24(23)25(32)30(26)18-11-13-19(33-2)14-12-18/h4-5,9-14,17,27H,3,6-8,15-16H2,1-2H3. The van der Waals surface area contributed by atoms with Gasteiger partial charge >= 0.3 is 0 Å². The molecule has 176 valence electrons. The first-order chi connectivity index (χ1) is 16.6. The number of fused-ring (bicyclic) bond motifs is 3. The molecule has 1 fully saturated rings. The predicted octanol–water partition coefficient (Wildman–Crippen LogP) is 4.76. The fraction of sp³-hybridized carbons (Fsp3) is 0.346. The van der Waals surface area contributed by atoms with E-state index in [1.165, 1.54) is 18.2 Å². The molecule has 5 rings (SSSR count). The van der Waals surface area contributed by atoms with Gasteiger partial charge in [0.15, 0.2) is 5.16 Å². The van der Waals surface area contributed by atoms with Crippen LogP contribution in [0, 0.1) is 0 Å². The van der Waals surface area contributed by atoms with E-state index in [9.17, 15) is 9.59 Å². The van der Waals surface area contributed by atoms with Crippen molar-refractivity contribution in [3.8, 4) is 11.4 Å². The van der Waals surface area contributed by atoms with Crippen LogP contribution in [0.25, 0.3) is 27.6 Å². The summed E-state index contributed by atoms with van der Waals surface area (Å²) in [6.45, 7) is 2.94. The van der Waals surface area contributed by atoms with Gasteiger partial charge in [-0.3, -0.25) is 14.2 Å². The summed E-state index contributed by atoms with van der Waals surface area (Å²) in [5.41, 5.74) is 2.43. The summed E-state index contributed by atoms with van der Waals surface area (Å²) in [6, 6.07) is 15.4. The summed E-state index contributed by atoms with van der Waals surface area (Å²) in [6.07, 6.45) is 4.24. The number of aromatic amines is 1. The van der Waals surface area contributed by atoms with E-state index in [0.29, 0.717) is 33.7 Å². The number of rotatable bonds is 6. The zero-order valence-corrected chi connectivity index (χ0v) is 20.2. The van der Waals surface area contributed by atoms with E-state index in [0.717, 1.165) is 36.7 Å². The minimum absolute atomic E-state index is 0.103. The number of H-pyrrole nitrogens is 1. The first kappa shape index (κ1) is 22.5. The molecule has 1 aliphatic heterocycles. The highest BCUT2D eigenvalue weighted by atomic mass is 32.2. The molecule has 8 heteroatoms. The Balaban J connectivity index is 1.57. The summed E-state index contributed by atoms with van der Waals surface area (Å²) >= 11 is 1.32. The molecule has 0 aliphatic carbocycles. The molecule has 1 unspecified atom stereocenters. The Kier molecular flexibility index (Phi) is 6.32. The number of aromatic nitrogens is 3. The van der Waals surface area contributed by atoms with Crippen molar-refractivity contribution in [1.29, 1.82) is 0 Å². The van der Waals surface area contributed by atoms with E-state index in [1.54, 1.807) is 11.7 Å². The summed E-state index contributed by atoms with van der Waals surface area (Å²) in [5.74, 6) is 1.05. The van der Waals surface area contributed by atoms with Gasteiger partial charge < -0.3 is 14.6 Å². The number of carbonyl (C=O) groups excluding carboxylic acids is 1. The molecule has 0 radical (unpaired) electrons. The summed E-state index contributed by atoms with van der Waals surface area (Å²) in [4.78, 5) is 37.0. The van der Waals surface area contributed by atoms with Gasteiger partial charge in [0.2, 0.25) is 5.91 Å². The molecular formula is C26H28N4O3S. The lowest BCUT2D eigenvalue weighted by Crippen LogP contribution is -2.44. The molecule has 4 aromatic rings. The monoisotopic (exact) mass is 476 g/mol. The van der Waals surface area contributed by atoms with Crippen LogP contribution in [0.15, 0.2) is 58.5 Å². The third-order valence-corrected chi connectivity index (χ3v) is 7.49. The number of piperidine rings is 1. The number of carbonyl (C=O) groups is 1. The van der Waals surface area contributed by atoms with Crippen LogP contribution in [0.5, 0.6) is 5.75 Å². The number of ether oxygens (including phenoxy) is 1. The van der Waals surface area contributed by atoms with Crippen molar-refractivity contribution in [2.75, 3.05) is 19.4 Å². The zero-order chi connectivity index (χ0) is 23.7. The van der Waals surface area contributed by atoms with Gasteiger partial charge in [-0.2, -0.15) is 0 Å². The Morgan fingerprint density at radius 2 is 1.97 bits per heavy atom. The Morgan fingerprint density at radius 1 is 1.18 bits per heavy atom. The number of amides is 1. The lowest BCUT2D eigenvalue weighted by atomic mass is 10.0. The van der Waals surface area contributed by atoms with Gasteiger partial charge in [0.05, 0.1) is 18.6 Å². The van der Waals surface area contributed by atoms with Gasteiger partial charge in [-0.05, 0) is 56.0 Å². The number of nitrogens with one attached hydrogen (secondary N) is 1. The van der Waals surface area contributed by atoms with Crippen molar-refractivity contribution in [3.05, 3.63) is 58.9 Å². The molecule has 0 spiro atoms. The van der Waals surface area contributed by atoms with Crippen molar-refractivity contribution in [1.82, 2.24) is 19.4 Å². The predicted molar refractivity (Wildman–Crippen MR) is 136 cm³/mol. The SMILES string of the molecule is CCC1CCCCN1C(=O)CSc1nc2c([nH]c3ccccc32)c(=O)n1-c1ccc(OC)cc1. The van der Waals surface area contributed by atoms with E-state index in [1.807, 2.05) is 53.4 Å². The number of methoxy groups -OCH3 is 1. The molecule has 1 N–H and O–H groups in total. The van der Waals surface area contributed by atoms with E-state index >= 15 is 0 Å². The molecule has 3 heterocycles. The number of benzene rings is 2. The molecule has 1 aliphatic rings. The second-order valence-corrected chi connectivity index (χ2v) is 9.50. The summed E-state index contributed by atoms with van der Waals surface area (Å²) in [7, 11) is 1.61. The Hall–Kier alpha value is -3.26. The first-order valence-electron chi connectivity index (χ1n) is 11.7. The first-order valence-corrected chi connectivity index (χ1v) is 12.7. The van der Waals surface area contributed by atoms with Crippen LogP contribution in [-0.2, 0) is 4.79 Å². The third kappa shape index (κ3) is 4.07. The van der Waals surface area contributed by atoms with Crippen LogP contribution in [0.3, 0.4) is 0 Å². The van der Waals surface area contributed by atoms with E-state index in [2.05, 4.69) is 11.9 Å². The summed E-state index contributed by atoms with van der Waals surface area (Å²) < 4.78 is 6.86. The van der Waals surface area contributed by atoms with E-state index in [4.69, 9.17) is 9.72 Å². The molecule has 0 saturated carbocycles. The third-order valence-electron chi connectivity index (χ3n) is 6.57. The highest BCUT2D eigenvalue weighted by Gasteiger charge is 2.26. The van der Waals surface area contributed by atoms with Gasteiger partial charge in [-0.15, -0.1) is 0 Å². The Bertz CT molecular complexity index is 1390. The average Bonchev–Trinajstić information content (AvgIpc) is 3.26. The molecule has 2 aromatic carbocycles. The number of likely N-dealkylation sites (tertiary alicyclic amines) is 1. The van der Waals surface area contributed by atoms with Crippen molar-refractivity contribution >= 4 is 39.6 Å². The molecule has 2 aromatic heterocycles. The van der Waals surface area contributed by atoms with Crippen LogP contribution in [0.2, 0.25) is 0 Å². The zero-order valence-electron chi connectivity index (χ0n) is 19.4. The van der Waals surface area contributed by atoms with Crippen molar-refractivity contribution in [3.63, 3.8) is 0 Å². The lowest BCUT2D eigenvalue weighted by molar-refractivity contribution is -0.132. The normalized spacial score (nSPS) is 16.3. The number of hydrogen-bond acceptors (Lipinski definition) is 5. The van der Waals surface area contributed by atoms with Crippen molar-refractivity contribution < 1.29 is 9.53 Å². The Labute approximate surface area is 202 Å². The smallest absolute Gasteiger partial charge is 0.283 e. The largest absolute Gasteiger partial charge is 0.497 e. The molecule has 7 nitrogen and oxygen atoms in total. The molecule has 1 saturated heterocycles. The highest BCUT2D eigenvalue weighted by molar-refractivity contribution is 7.99. The Morgan fingerprint density at radius 3 is 2.74 bits per heavy atom. The average molecular weight is 477 g/mol. The van der Waals surface area contributed by atoms with Crippen LogP contribution in [0.4, 0.5) is 0 Å². The van der Waals surface area contributed by atoms with E-state index < -0.39 is 0 Å². The molecule has 0 bridgehead atoms. The number of thioether (sulfide) groups is 1. The fourth-order valence-electron chi connectivity index (χ4n) is 4.76. The van der Waals surface area contributed by atoms with Gasteiger partial charge in [-0.25, -0.2) is 4.98 Å². The molecular weight excluding hydrogens is 448 g/mol. The van der Waals surface area contributed by atoms with Crippen LogP contribution >= 0.6 is 11.8 Å². The lowest BCUT2D eigenvalue weighted by Gasteiger charge is -2.35. The highest BCUT2D eigenvalue weighted by Crippen LogP contribution is 2.28. The van der Waals surface area contributed by atoms with E-state index in [-0.39, 0.29) is 17.2 Å². The minimum Gasteiger partial charge on any atom is -0.497 e. The quantitative estimate of drug-likeness (QED) is 0.321. The van der Waals surface area contributed by atoms with Gasteiger partial charge in [-0.1, -0.05) is 36.9 Å². The number of para-hydroxylation sites is 1. The van der Waals surface area contributed by atoms with Gasteiger partial charge in [0, 0.05) is 23.5 Å².